The molecular weight excluding hydrogens is 254 g/mol. The molecule has 1 saturated carbocycles. The maximum absolute atomic E-state index is 10.5. The molecule has 0 aromatic heterocycles. The predicted octanol–water partition coefficient (Wildman–Crippen LogP) is 4.11. The van der Waals surface area contributed by atoms with Gasteiger partial charge >= 0.3 is 0 Å². The normalized spacial score (nSPS) is 17.2. The number of halogens is 4. The number of rotatable bonds is 1. The summed E-state index contributed by atoms with van der Waals surface area (Å²) in [4.78, 5) is 9.12. The number of hydrogen-bond donors (Lipinski definition) is 0. The van der Waals surface area contributed by atoms with Gasteiger partial charge in [-0.1, -0.05) is 6.42 Å². The van der Waals surface area contributed by atoms with E-state index in [9.17, 15) is 4.79 Å². The van der Waals surface area contributed by atoms with Crippen molar-refractivity contribution in [2.75, 3.05) is 0 Å². The first kappa shape index (κ1) is 13.8. The zero-order valence-electron chi connectivity index (χ0n) is 7.11. The lowest BCUT2D eigenvalue weighted by atomic mass is 10.00. The summed E-state index contributed by atoms with van der Waals surface area (Å²) in [6, 6.07) is 0. The predicted molar refractivity (Wildman–Crippen MR) is 59.1 cm³/mol. The van der Waals surface area contributed by atoms with E-state index in [0.717, 1.165) is 25.7 Å². The number of hydrogen-bond acceptors (Lipinski definition) is 1. The highest BCUT2D eigenvalue weighted by Crippen LogP contribution is 2.16. The van der Waals surface area contributed by atoms with Crippen LogP contribution in [0.5, 0.6) is 0 Å². The van der Waals surface area contributed by atoms with Gasteiger partial charge in [-0.15, -0.1) is 46.4 Å². The summed E-state index contributed by atoms with van der Waals surface area (Å²) in [6.45, 7) is 0. The van der Waals surface area contributed by atoms with Gasteiger partial charge in [-0.05, 0) is 12.8 Å². The Hall–Kier alpha value is 0.830. The summed E-state index contributed by atoms with van der Waals surface area (Å²) in [5, 5.41) is 0. The van der Waals surface area contributed by atoms with Gasteiger partial charge in [0.15, 0.2) is 0 Å². The largest absolute Gasteiger partial charge is 0.300 e. The fraction of sp³-hybridized carbons (Fsp3) is 0.875. The molecule has 0 amide bonds. The van der Waals surface area contributed by atoms with E-state index < -0.39 is 9.67 Å². The molecule has 0 bridgehead atoms. The Kier molecular flexibility index (Phi) is 8.69. The monoisotopic (exact) mass is 264 g/mol. The molecule has 13 heavy (non-hydrogen) atoms. The van der Waals surface area contributed by atoms with Crippen molar-refractivity contribution in [2.45, 2.75) is 41.8 Å². The van der Waals surface area contributed by atoms with E-state index in [1.807, 2.05) is 0 Å². The van der Waals surface area contributed by atoms with Crippen LogP contribution in [-0.4, -0.2) is 15.5 Å². The molecule has 5 heteroatoms. The average molecular weight is 266 g/mol. The van der Waals surface area contributed by atoms with E-state index in [-0.39, 0.29) is 0 Å². The van der Waals surface area contributed by atoms with Crippen LogP contribution in [0.15, 0.2) is 0 Å². The first-order chi connectivity index (χ1) is 6.04. The fourth-order valence-electron chi connectivity index (χ4n) is 0.946. The van der Waals surface area contributed by atoms with Gasteiger partial charge in [-0.3, -0.25) is 4.79 Å². The summed E-state index contributed by atoms with van der Waals surface area (Å²) in [7, 11) is 0. The number of alkyl halides is 4. The van der Waals surface area contributed by atoms with Gasteiger partial charge in [0.05, 0.1) is 0 Å². The maximum Gasteiger partial charge on any atom is 0.137 e. The van der Waals surface area contributed by atoms with Crippen LogP contribution in [0, 0.1) is 0 Å². The average Bonchev–Trinajstić information content (AvgIpc) is 2.06. The first-order valence-corrected chi connectivity index (χ1v) is 5.86. The molecule has 78 valence electrons. The topological polar surface area (TPSA) is 17.1 Å². The third-order valence-corrected chi connectivity index (χ3v) is 3.13. The van der Waals surface area contributed by atoms with E-state index in [1.54, 1.807) is 0 Å². The molecule has 0 spiro atoms. The van der Waals surface area contributed by atoms with Crippen molar-refractivity contribution < 1.29 is 4.79 Å². The Bertz CT molecular complexity index is 133. The molecule has 0 radical (unpaired) electrons. The van der Waals surface area contributed by atoms with E-state index in [2.05, 4.69) is 0 Å². The van der Waals surface area contributed by atoms with E-state index >= 15 is 0 Å². The number of carbonyl (C=O) groups is 1. The molecule has 1 aliphatic rings. The molecule has 0 aromatic rings. The molecule has 0 aromatic carbocycles. The minimum absolute atomic E-state index is 0.464. The van der Waals surface area contributed by atoms with Gasteiger partial charge < -0.3 is 0 Å². The van der Waals surface area contributed by atoms with Gasteiger partial charge in [0, 0.05) is 12.8 Å². The minimum atomic E-state index is -0.673. The minimum Gasteiger partial charge on any atom is -0.300 e. The molecule has 1 rings (SSSR count). The quantitative estimate of drug-likeness (QED) is 0.652. The highest BCUT2D eigenvalue weighted by atomic mass is 35.5. The van der Waals surface area contributed by atoms with Crippen molar-refractivity contribution >= 4 is 52.2 Å². The SMILES string of the molecule is ClC(Cl)C(Cl)Cl.O=C1CCCCC1. The van der Waals surface area contributed by atoms with Gasteiger partial charge in [0.25, 0.3) is 0 Å². The van der Waals surface area contributed by atoms with Gasteiger partial charge in [-0.2, -0.15) is 0 Å². The smallest absolute Gasteiger partial charge is 0.137 e. The standard InChI is InChI=1S/C6H10O.C2H2Cl4/c7-6-4-2-1-3-5-6;3-1(4)2(5)6/h1-5H2;1-2H. The Morgan fingerprint density at radius 1 is 0.846 bits per heavy atom. The van der Waals surface area contributed by atoms with Gasteiger partial charge in [0.2, 0.25) is 0 Å². The second kappa shape index (κ2) is 8.16. The molecule has 0 aliphatic heterocycles. The maximum atomic E-state index is 10.5. The molecule has 0 N–H and O–H groups in total. The molecule has 1 nitrogen and oxygen atoms in total. The molecule has 0 atom stereocenters. The first-order valence-electron chi connectivity index (χ1n) is 4.12. The van der Waals surface area contributed by atoms with Crippen molar-refractivity contribution in [3.63, 3.8) is 0 Å². The lowest BCUT2D eigenvalue weighted by molar-refractivity contribution is -0.120. The second-order valence-electron chi connectivity index (χ2n) is 2.77. The highest BCUT2D eigenvalue weighted by molar-refractivity contribution is 6.56. The Labute approximate surface area is 98.7 Å². The highest BCUT2D eigenvalue weighted by Gasteiger charge is 2.07. The van der Waals surface area contributed by atoms with Crippen LogP contribution in [0.3, 0.4) is 0 Å². The molecular formula is C8H12Cl4O. The van der Waals surface area contributed by atoms with E-state index in [4.69, 9.17) is 46.4 Å². The van der Waals surface area contributed by atoms with Crippen molar-refractivity contribution in [1.82, 2.24) is 0 Å². The Balaban J connectivity index is 0.000000226. The van der Waals surface area contributed by atoms with Crippen LogP contribution in [0.2, 0.25) is 0 Å². The van der Waals surface area contributed by atoms with Crippen LogP contribution in [-0.2, 0) is 4.79 Å². The summed E-state index contributed by atoms with van der Waals surface area (Å²) in [5.74, 6) is 0.464. The summed E-state index contributed by atoms with van der Waals surface area (Å²) in [6.07, 6.45) is 5.24. The van der Waals surface area contributed by atoms with Crippen molar-refractivity contribution in [3.8, 4) is 0 Å². The van der Waals surface area contributed by atoms with E-state index in [0.29, 0.717) is 5.78 Å². The number of carbonyl (C=O) groups excluding carboxylic acids is 1. The molecule has 0 saturated heterocycles. The number of ketones is 1. The fourth-order valence-corrected chi connectivity index (χ4v) is 0.946. The zero-order valence-corrected chi connectivity index (χ0v) is 10.1. The van der Waals surface area contributed by atoms with Crippen LogP contribution in [0.4, 0.5) is 0 Å². The van der Waals surface area contributed by atoms with Crippen molar-refractivity contribution in [3.05, 3.63) is 0 Å². The van der Waals surface area contributed by atoms with Crippen molar-refractivity contribution in [2.24, 2.45) is 0 Å². The Morgan fingerprint density at radius 2 is 1.23 bits per heavy atom. The van der Waals surface area contributed by atoms with Crippen LogP contribution in [0.1, 0.15) is 32.1 Å². The molecule has 1 fully saturated rings. The second-order valence-corrected chi connectivity index (χ2v) is 5.10. The lowest BCUT2D eigenvalue weighted by Gasteiger charge is -2.05. The Morgan fingerprint density at radius 3 is 1.38 bits per heavy atom. The lowest BCUT2D eigenvalue weighted by Crippen LogP contribution is -2.02. The van der Waals surface area contributed by atoms with E-state index in [1.165, 1.54) is 6.42 Å². The van der Waals surface area contributed by atoms with Gasteiger partial charge in [0.1, 0.15) is 15.5 Å². The van der Waals surface area contributed by atoms with Crippen LogP contribution < -0.4 is 0 Å². The van der Waals surface area contributed by atoms with Crippen molar-refractivity contribution in [1.29, 1.82) is 0 Å². The summed E-state index contributed by atoms with van der Waals surface area (Å²) >= 11 is 20.5. The molecule has 1 aliphatic carbocycles. The third-order valence-electron chi connectivity index (χ3n) is 1.60. The van der Waals surface area contributed by atoms with Crippen LogP contribution in [0.25, 0.3) is 0 Å². The zero-order chi connectivity index (χ0) is 10.3. The van der Waals surface area contributed by atoms with Gasteiger partial charge in [-0.25, -0.2) is 0 Å². The van der Waals surface area contributed by atoms with Crippen LogP contribution >= 0.6 is 46.4 Å². The summed E-state index contributed by atoms with van der Waals surface area (Å²) < 4.78 is 0. The number of Topliss-reactive ketones (excluding diaryl/α,β-unsaturated/α-hetero) is 1. The molecule has 0 unspecified atom stereocenters. The summed E-state index contributed by atoms with van der Waals surface area (Å²) in [5.41, 5.74) is 0. The molecule has 0 heterocycles. The third kappa shape index (κ3) is 9.14.